The van der Waals surface area contributed by atoms with Gasteiger partial charge in [-0.3, -0.25) is 4.79 Å². The van der Waals surface area contributed by atoms with E-state index in [0.717, 1.165) is 35.9 Å². The number of hydrogen-bond acceptors (Lipinski definition) is 4. The summed E-state index contributed by atoms with van der Waals surface area (Å²) in [5, 5.41) is 4.58. The van der Waals surface area contributed by atoms with Crippen molar-refractivity contribution in [1.29, 1.82) is 0 Å². The smallest absolute Gasteiger partial charge is 0.170 e. The van der Waals surface area contributed by atoms with Crippen LogP contribution >= 0.6 is 0 Å². The molecular weight excluding hydrogens is 333 g/mol. The van der Waals surface area contributed by atoms with E-state index in [-0.39, 0.29) is 23.9 Å². The number of carbonyl (C=O) groups is 1. The molecule has 0 saturated carbocycles. The van der Waals surface area contributed by atoms with E-state index in [2.05, 4.69) is 23.9 Å². The highest BCUT2D eigenvalue weighted by atomic mass is 19.1. The van der Waals surface area contributed by atoms with Crippen LogP contribution in [0.4, 0.5) is 4.39 Å². The summed E-state index contributed by atoms with van der Waals surface area (Å²) < 4.78 is 20.8. The highest BCUT2D eigenvalue weighted by molar-refractivity contribution is 5.74. The van der Waals surface area contributed by atoms with Gasteiger partial charge in [-0.1, -0.05) is 0 Å². The Bertz CT molecular complexity index is 942. The van der Waals surface area contributed by atoms with E-state index in [1.165, 1.54) is 12.1 Å². The summed E-state index contributed by atoms with van der Waals surface area (Å²) in [5.41, 5.74) is 3.65. The molecule has 1 aromatic carbocycles. The van der Waals surface area contributed by atoms with Crippen LogP contribution in [-0.2, 0) is 4.74 Å². The van der Waals surface area contributed by atoms with Gasteiger partial charge in [0.2, 0.25) is 0 Å². The van der Waals surface area contributed by atoms with Crippen LogP contribution < -0.4 is 0 Å². The Labute approximate surface area is 150 Å². The molecule has 0 bridgehead atoms. The van der Waals surface area contributed by atoms with Gasteiger partial charge in [-0.2, -0.15) is 5.10 Å². The van der Waals surface area contributed by atoms with Crippen LogP contribution in [0.25, 0.3) is 16.9 Å². The number of hydrogen-bond donors (Lipinski definition) is 0. The van der Waals surface area contributed by atoms with Crippen LogP contribution in [0.15, 0.2) is 36.5 Å². The maximum atomic E-state index is 13.3. The lowest BCUT2D eigenvalue weighted by Gasteiger charge is -2.32. The molecule has 2 unspecified atom stereocenters. The molecule has 0 N–H and O–H groups in total. The zero-order chi connectivity index (χ0) is 18.3. The van der Waals surface area contributed by atoms with Gasteiger partial charge in [0.1, 0.15) is 11.5 Å². The number of halogens is 1. The number of ether oxygens (including phenoxy) is 1. The Morgan fingerprint density at radius 1 is 1.19 bits per heavy atom. The molecule has 0 amide bonds. The summed E-state index contributed by atoms with van der Waals surface area (Å²) in [6, 6.07) is 8.27. The summed E-state index contributed by atoms with van der Waals surface area (Å²) in [4.78, 5) is 15.6. The minimum absolute atomic E-state index is 0.159. The number of aromatic nitrogens is 3. The summed E-state index contributed by atoms with van der Waals surface area (Å²) in [5.74, 6) is -0.0200. The number of carbonyl (C=O) groups excluding carboxylic acids is 1. The van der Waals surface area contributed by atoms with Gasteiger partial charge in [-0.25, -0.2) is 13.9 Å². The third-order valence-electron chi connectivity index (χ3n) is 4.87. The van der Waals surface area contributed by atoms with Gasteiger partial charge in [-0.15, -0.1) is 0 Å². The molecule has 1 aliphatic rings. The SMILES string of the molecule is CC1CC(c2cc(-c3ccc(F)cc3)nn3cc(C=O)nc23)CC(C)O1. The van der Waals surface area contributed by atoms with Crippen molar-refractivity contribution in [3.63, 3.8) is 0 Å². The highest BCUT2D eigenvalue weighted by Crippen LogP contribution is 2.36. The standard InChI is InChI=1S/C20H20FN3O2/c1-12-7-15(8-13(2)26-12)18-9-19(14-3-5-16(21)6-4-14)23-24-10-17(11-25)22-20(18)24/h3-6,9-13,15H,7-8H2,1-2H3. The fourth-order valence-electron chi connectivity index (χ4n) is 3.80. The van der Waals surface area contributed by atoms with Crippen molar-refractivity contribution in [3.8, 4) is 11.3 Å². The van der Waals surface area contributed by atoms with E-state index in [1.54, 1.807) is 22.8 Å². The first kappa shape index (κ1) is 16.8. The second-order valence-electron chi connectivity index (χ2n) is 6.97. The van der Waals surface area contributed by atoms with E-state index < -0.39 is 0 Å². The Hall–Kier alpha value is -2.60. The molecule has 2 aromatic heterocycles. The highest BCUT2D eigenvalue weighted by Gasteiger charge is 2.28. The molecular formula is C20H20FN3O2. The Kier molecular flexibility index (Phi) is 4.28. The third-order valence-corrected chi connectivity index (χ3v) is 4.87. The first-order valence-corrected chi connectivity index (χ1v) is 8.80. The molecule has 1 saturated heterocycles. The molecule has 0 spiro atoms. The molecule has 6 heteroatoms. The summed E-state index contributed by atoms with van der Waals surface area (Å²) in [6.45, 7) is 4.15. The number of nitrogens with zero attached hydrogens (tertiary/aromatic N) is 3. The van der Waals surface area contributed by atoms with Gasteiger partial charge < -0.3 is 4.74 Å². The van der Waals surface area contributed by atoms with Crippen LogP contribution in [0.2, 0.25) is 0 Å². The average molecular weight is 353 g/mol. The van der Waals surface area contributed by atoms with Gasteiger partial charge in [0.25, 0.3) is 0 Å². The predicted octanol–water partition coefficient (Wildman–Crippen LogP) is 4.02. The van der Waals surface area contributed by atoms with Crippen LogP contribution in [0.5, 0.6) is 0 Å². The minimum Gasteiger partial charge on any atom is -0.376 e. The minimum atomic E-state index is -0.284. The van der Waals surface area contributed by atoms with Crippen molar-refractivity contribution in [3.05, 3.63) is 53.6 Å². The lowest BCUT2D eigenvalue weighted by Crippen LogP contribution is -2.28. The molecule has 0 aliphatic carbocycles. The van der Waals surface area contributed by atoms with Crippen molar-refractivity contribution < 1.29 is 13.9 Å². The van der Waals surface area contributed by atoms with E-state index in [0.29, 0.717) is 11.3 Å². The maximum absolute atomic E-state index is 13.3. The molecule has 3 aromatic rings. The van der Waals surface area contributed by atoms with Crippen LogP contribution in [-0.4, -0.2) is 33.1 Å². The Morgan fingerprint density at radius 3 is 2.54 bits per heavy atom. The lowest BCUT2D eigenvalue weighted by molar-refractivity contribution is -0.0378. The fourth-order valence-corrected chi connectivity index (χ4v) is 3.80. The Morgan fingerprint density at radius 2 is 1.88 bits per heavy atom. The van der Waals surface area contributed by atoms with Gasteiger partial charge in [0, 0.05) is 11.1 Å². The maximum Gasteiger partial charge on any atom is 0.170 e. The molecule has 1 aliphatic heterocycles. The lowest BCUT2D eigenvalue weighted by atomic mass is 9.86. The predicted molar refractivity (Wildman–Crippen MR) is 95.8 cm³/mol. The largest absolute Gasteiger partial charge is 0.376 e. The topological polar surface area (TPSA) is 56.5 Å². The molecule has 1 fully saturated rings. The normalized spacial score (nSPS) is 23.3. The number of benzene rings is 1. The van der Waals surface area contributed by atoms with Crippen LogP contribution in [0, 0.1) is 5.82 Å². The summed E-state index contributed by atoms with van der Waals surface area (Å²) in [6.07, 6.45) is 4.45. The molecule has 4 rings (SSSR count). The van der Waals surface area contributed by atoms with Crippen LogP contribution in [0.1, 0.15) is 48.7 Å². The van der Waals surface area contributed by atoms with Crippen molar-refractivity contribution in [2.45, 2.75) is 44.8 Å². The number of fused-ring (bicyclic) bond motifs is 1. The average Bonchev–Trinajstić information content (AvgIpc) is 3.04. The number of imidazole rings is 1. The molecule has 2 atom stereocenters. The van der Waals surface area contributed by atoms with Gasteiger partial charge in [-0.05, 0) is 62.9 Å². The zero-order valence-electron chi connectivity index (χ0n) is 14.7. The Balaban J connectivity index is 1.87. The summed E-state index contributed by atoms with van der Waals surface area (Å²) >= 11 is 0. The molecule has 134 valence electrons. The van der Waals surface area contributed by atoms with Gasteiger partial charge in [0.05, 0.1) is 24.1 Å². The van der Waals surface area contributed by atoms with E-state index in [9.17, 15) is 9.18 Å². The molecule has 5 nitrogen and oxygen atoms in total. The summed E-state index contributed by atoms with van der Waals surface area (Å²) in [7, 11) is 0. The fraction of sp³-hybridized carbons (Fsp3) is 0.350. The van der Waals surface area contributed by atoms with Crippen molar-refractivity contribution >= 4 is 11.9 Å². The number of aldehydes is 1. The third kappa shape index (κ3) is 3.12. The first-order chi connectivity index (χ1) is 12.5. The first-order valence-electron chi connectivity index (χ1n) is 8.80. The zero-order valence-corrected chi connectivity index (χ0v) is 14.7. The van der Waals surface area contributed by atoms with E-state index in [1.807, 2.05) is 6.07 Å². The van der Waals surface area contributed by atoms with Crippen molar-refractivity contribution in [1.82, 2.24) is 14.6 Å². The second-order valence-corrected chi connectivity index (χ2v) is 6.97. The quantitative estimate of drug-likeness (QED) is 0.668. The molecule has 26 heavy (non-hydrogen) atoms. The molecule has 3 heterocycles. The van der Waals surface area contributed by atoms with Crippen molar-refractivity contribution in [2.75, 3.05) is 0 Å². The van der Waals surface area contributed by atoms with Crippen molar-refractivity contribution in [2.24, 2.45) is 0 Å². The van der Waals surface area contributed by atoms with E-state index >= 15 is 0 Å². The number of rotatable bonds is 3. The van der Waals surface area contributed by atoms with E-state index in [4.69, 9.17) is 4.74 Å². The van der Waals surface area contributed by atoms with Crippen LogP contribution in [0.3, 0.4) is 0 Å². The monoisotopic (exact) mass is 353 g/mol. The molecule has 0 radical (unpaired) electrons. The van der Waals surface area contributed by atoms with Gasteiger partial charge >= 0.3 is 0 Å². The van der Waals surface area contributed by atoms with Gasteiger partial charge in [0.15, 0.2) is 11.9 Å². The second kappa shape index (κ2) is 6.61.